The summed E-state index contributed by atoms with van der Waals surface area (Å²) in [5.41, 5.74) is 3.21. The molecule has 1 amide bonds. The number of hydrogen-bond acceptors (Lipinski definition) is 5. The molecule has 152 valence electrons. The number of nitro groups is 1. The zero-order valence-electron chi connectivity index (χ0n) is 16.4. The molecule has 3 aromatic carbocycles. The standard InChI is InChI=1S/C23H21N3O4/c1-15-12-13-25(21-5-3-2-4-20(21)24-15)23(28)17-8-11-19(22(27)14-17)16-6-9-18(10-7-16)26(29)30/h2-11,14-15,24,27H,12-13H2,1H3/t15-/m0/s1. The van der Waals surface area contributed by atoms with E-state index in [0.717, 1.165) is 17.8 Å². The molecule has 1 atom stereocenters. The molecule has 0 fully saturated rings. The Kier molecular flexibility index (Phi) is 5.10. The van der Waals surface area contributed by atoms with Crippen molar-refractivity contribution >= 4 is 23.0 Å². The Balaban J connectivity index is 1.64. The van der Waals surface area contributed by atoms with Gasteiger partial charge in [0.2, 0.25) is 0 Å². The Morgan fingerprint density at radius 3 is 2.57 bits per heavy atom. The number of phenols is 1. The molecule has 1 aliphatic heterocycles. The van der Waals surface area contributed by atoms with E-state index in [4.69, 9.17) is 0 Å². The van der Waals surface area contributed by atoms with Gasteiger partial charge in [0, 0.05) is 35.8 Å². The van der Waals surface area contributed by atoms with Crippen LogP contribution in [0.5, 0.6) is 5.75 Å². The molecule has 0 aromatic heterocycles. The Hall–Kier alpha value is -3.87. The number of fused-ring (bicyclic) bond motifs is 1. The van der Waals surface area contributed by atoms with Gasteiger partial charge in [-0.3, -0.25) is 14.9 Å². The lowest BCUT2D eigenvalue weighted by Crippen LogP contribution is -2.32. The third-order valence-electron chi connectivity index (χ3n) is 5.26. The first-order chi connectivity index (χ1) is 14.4. The predicted molar refractivity (Wildman–Crippen MR) is 116 cm³/mol. The molecule has 0 saturated carbocycles. The van der Waals surface area contributed by atoms with Crippen molar-refractivity contribution in [3.05, 3.63) is 82.4 Å². The molecule has 0 aliphatic carbocycles. The summed E-state index contributed by atoms with van der Waals surface area (Å²) in [5.74, 6) is -0.242. The smallest absolute Gasteiger partial charge is 0.269 e. The summed E-state index contributed by atoms with van der Waals surface area (Å²) in [4.78, 5) is 25.3. The molecule has 30 heavy (non-hydrogen) atoms. The third-order valence-corrected chi connectivity index (χ3v) is 5.26. The number of carbonyl (C=O) groups excluding carboxylic acids is 1. The highest BCUT2D eigenvalue weighted by atomic mass is 16.6. The lowest BCUT2D eigenvalue weighted by Gasteiger charge is -2.22. The lowest BCUT2D eigenvalue weighted by atomic mass is 10.0. The molecule has 0 radical (unpaired) electrons. The predicted octanol–water partition coefficient (Wildman–Crippen LogP) is 4.82. The minimum atomic E-state index is -0.472. The summed E-state index contributed by atoms with van der Waals surface area (Å²) in [6.07, 6.45) is 0.799. The molecular weight excluding hydrogens is 382 g/mol. The van der Waals surface area contributed by atoms with Gasteiger partial charge < -0.3 is 15.3 Å². The number of anilines is 2. The minimum absolute atomic E-state index is 0.0206. The fourth-order valence-electron chi connectivity index (χ4n) is 3.65. The molecule has 0 bridgehead atoms. The second-order valence-corrected chi connectivity index (χ2v) is 7.34. The number of phenolic OH excluding ortho intramolecular Hbond substituents is 1. The molecule has 1 aliphatic rings. The van der Waals surface area contributed by atoms with Crippen molar-refractivity contribution in [3.63, 3.8) is 0 Å². The van der Waals surface area contributed by atoms with Crippen molar-refractivity contribution in [2.75, 3.05) is 16.8 Å². The monoisotopic (exact) mass is 403 g/mol. The number of benzene rings is 3. The molecule has 0 spiro atoms. The van der Waals surface area contributed by atoms with Gasteiger partial charge in [-0.05, 0) is 61.4 Å². The van der Waals surface area contributed by atoms with Crippen molar-refractivity contribution in [1.82, 2.24) is 0 Å². The maximum Gasteiger partial charge on any atom is 0.269 e. The van der Waals surface area contributed by atoms with E-state index in [-0.39, 0.29) is 23.4 Å². The summed E-state index contributed by atoms with van der Waals surface area (Å²) >= 11 is 0. The van der Waals surface area contributed by atoms with E-state index in [1.54, 1.807) is 29.2 Å². The number of nitro benzene ring substituents is 1. The second-order valence-electron chi connectivity index (χ2n) is 7.34. The normalized spacial score (nSPS) is 15.6. The van der Waals surface area contributed by atoms with Crippen molar-refractivity contribution in [3.8, 4) is 16.9 Å². The fourth-order valence-corrected chi connectivity index (χ4v) is 3.65. The van der Waals surface area contributed by atoms with Crippen LogP contribution < -0.4 is 10.2 Å². The van der Waals surface area contributed by atoms with E-state index >= 15 is 0 Å². The van der Waals surface area contributed by atoms with Gasteiger partial charge in [-0.2, -0.15) is 0 Å². The van der Waals surface area contributed by atoms with Crippen LogP contribution in [0.2, 0.25) is 0 Å². The van der Waals surface area contributed by atoms with E-state index in [2.05, 4.69) is 12.2 Å². The Labute approximate surface area is 173 Å². The quantitative estimate of drug-likeness (QED) is 0.483. The van der Waals surface area contributed by atoms with Crippen LogP contribution in [0, 0.1) is 10.1 Å². The van der Waals surface area contributed by atoms with E-state index in [0.29, 0.717) is 23.2 Å². The first-order valence-electron chi connectivity index (χ1n) is 9.69. The van der Waals surface area contributed by atoms with Gasteiger partial charge in [-0.25, -0.2) is 0 Å². The van der Waals surface area contributed by atoms with Gasteiger partial charge in [0.15, 0.2) is 0 Å². The minimum Gasteiger partial charge on any atom is -0.507 e. The zero-order chi connectivity index (χ0) is 21.3. The molecule has 0 saturated heterocycles. The largest absolute Gasteiger partial charge is 0.507 e. The van der Waals surface area contributed by atoms with E-state index in [9.17, 15) is 20.0 Å². The number of aromatic hydroxyl groups is 1. The third kappa shape index (κ3) is 3.69. The van der Waals surface area contributed by atoms with Crippen LogP contribution in [0.15, 0.2) is 66.7 Å². The highest BCUT2D eigenvalue weighted by Gasteiger charge is 2.25. The number of carbonyl (C=O) groups is 1. The number of hydrogen-bond donors (Lipinski definition) is 2. The molecule has 2 N–H and O–H groups in total. The maximum absolute atomic E-state index is 13.3. The number of non-ortho nitro benzene ring substituents is 1. The number of amides is 1. The van der Waals surface area contributed by atoms with Crippen molar-refractivity contribution in [1.29, 1.82) is 0 Å². The average Bonchev–Trinajstić information content (AvgIpc) is 2.91. The van der Waals surface area contributed by atoms with Crippen LogP contribution in [-0.4, -0.2) is 28.5 Å². The molecule has 7 heteroatoms. The SMILES string of the molecule is C[C@H]1CCN(C(=O)c2ccc(-c3ccc([N+](=O)[O-])cc3)c(O)c2)c2ccccc2N1. The summed E-state index contributed by atoms with van der Waals surface area (Å²) in [7, 11) is 0. The molecule has 0 unspecified atom stereocenters. The molecule has 4 rings (SSSR count). The number of nitrogens with one attached hydrogen (secondary N) is 1. The summed E-state index contributed by atoms with van der Waals surface area (Å²) in [6, 6.07) is 18.6. The summed E-state index contributed by atoms with van der Waals surface area (Å²) in [5, 5.41) is 24.8. The van der Waals surface area contributed by atoms with Gasteiger partial charge in [-0.1, -0.05) is 12.1 Å². The van der Waals surface area contributed by atoms with Crippen LogP contribution in [0.1, 0.15) is 23.7 Å². The van der Waals surface area contributed by atoms with Crippen LogP contribution in [0.3, 0.4) is 0 Å². The van der Waals surface area contributed by atoms with Crippen molar-refractivity contribution in [2.45, 2.75) is 19.4 Å². The Bertz CT molecular complexity index is 1110. The average molecular weight is 403 g/mol. The summed E-state index contributed by atoms with van der Waals surface area (Å²) < 4.78 is 0. The molecule has 3 aromatic rings. The van der Waals surface area contributed by atoms with Crippen LogP contribution >= 0.6 is 0 Å². The van der Waals surface area contributed by atoms with Gasteiger partial charge in [-0.15, -0.1) is 0 Å². The molecular formula is C23H21N3O4. The Morgan fingerprint density at radius 2 is 1.87 bits per heavy atom. The zero-order valence-corrected chi connectivity index (χ0v) is 16.4. The first-order valence-corrected chi connectivity index (χ1v) is 9.69. The highest BCUT2D eigenvalue weighted by Crippen LogP contribution is 2.34. The Morgan fingerprint density at radius 1 is 1.13 bits per heavy atom. The maximum atomic E-state index is 13.3. The molecule has 7 nitrogen and oxygen atoms in total. The highest BCUT2D eigenvalue weighted by molar-refractivity contribution is 6.08. The van der Waals surface area contributed by atoms with E-state index in [1.807, 2.05) is 24.3 Å². The number of rotatable bonds is 3. The second kappa shape index (κ2) is 7.87. The van der Waals surface area contributed by atoms with Gasteiger partial charge in [0.25, 0.3) is 11.6 Å². The first kappa shape index (κ1) is 19.4. The van der Waals surface area contributed by atoms with Crippen molar-refractivity contribution in [2.24, 2.45) is 0 Å². The van der Waals surface area contributed by atoms with E-state index in [1.165, 1.54) is 18.2 Å². The lowest BCUT2D eigenvalue weighted by molar-refractivity contribution is -0.384. The topological polar surface area (TPSA) is 95.7 Å². The van der Waals surface area contributed by atoms with Gasteiger partial charge >= 0.3 is 0 Å². The number of nitrogens with zero attached hydrogens (tertiary/aromatic N) is 2. The van der Waals surface area contributed by atoms with Gasteiger partial charge in [0.1, 0.15) is 5.75 Å². The van der Waals surface area contributed by atoms with Crippen LogP contribution in [0.25, 0.3) is 11.1 Å². The van der Waals surface area contributed by atoms with E-state index < -0.39 is 4.92 Å². The summed E-state index contributed by atoms with van der Waals surface area (Å²) in [6.45, 7) is 2.64. The van der Waals surface area contributed by atoms with Crippen LogP contribution in [0.4, 0.5) is 17.1 Å². The van der Waals surface area contributed by atoms with Crippen LogP contribution in [-0.2, 0) is 0 Å². The number of para-hydroxylation sites is 2. The van der Waals surface area contributed by atoms with Gasteiger partial charge in [0.05, 0.1) is 16.3 Å². The van der Waals surface area contributed by atoms with Crippen molar-refractivity contribution < 1.29 is 14.8 Å². The fraction of sp³-hybridized carbons (Fsp3) is 0.174. The molecule has 1 heterocycles.